The van der Waals surface area contributed by atoms with Crippen LogP contribution in [0.25, 0.3) is 0 Å². The van der Waals surface area contributed by atoms with Crippen molar-refractivity contribution in [1.29, 1.82) is 0 Å². The van der Waals surface area contributed by atoms with E-state index in [1.54, 1.807) is 7.05 Å². The van der Waals surface area contributed by atoms with Gasteiger partial charge >= 0.3 is 0 Å². The molecule has 3 heteroatoms. The fourth-order valence-electron chi connectivity index (χ4n) is 1.16. The SMILES string of the molecule is CNC(=O)c1cccn1C(C)C. The number of carbonyl (C=O) groups excluding carboxylic acids is 1. The molecule has 0 fully saturated rings. The number of hydrogen-bond donors (Lipinski definition) is 1. The highest BCUT2D eigenvalue weighted by Gasteiger charge is 2.09. The zero-order valence-electron chi connectivity index (χ0n) is 7.66. The first kappa shape index (κ1) is 8.84. The Bertz CT molecular complexity index is 276. The largest absolute Gasteiger partial charge is 0.354 e. The minimum atomic E-state index is -0.0336. The number of amides is 1. The van der Waals surface area contributed by atoms with Gasteiger partial charge in [0.05, 0.1) is 0 Å². The summed E-state index contributed by atoms with van der Waals surface area (Å²) in [4.78, 5) is 11.3. The van der Waals surface area contributed by atoms with E-state index in [0.717, 1.165) is 0 Å². The van der Waals surface area contributed by atoms with Crippen molar-refractivity contribution in [3.63, 3.8) is 0 Å². The molecule has 0 spiro atoms. The molecule has 12 heavy (non-hydrogen) atoms. The van der Waals surface area contributed by atoms with Crippen LogP contribution in [-0.4, -0.2) is 17.5 Å². The van der Waals surface area contributed by atoms with Crippen molar-refractivity contribution >= 4 is 5.91 Å². The summed E-state index contributed by atoms with van der Waals surface area (Å²) >= 11 is 0. The van der Waals surface area contributed by atoms with Gasteiger partial charge in [-0.25, -0.2) is 0 Å². The molecule has 1 N–H and O–H groups in total. The van der Waals surface area contributed by atoms with Crippen LogP contribution in [0, 0.1) is 0 Å². The van der Waals surface area contributed by atoms with Crippen LogP contribution in [0.1, 0.15) is 30.4 Å². The summed E-state index contributed by atoms with van der Waals surface area (Å²) in [5.74, 6) is -0.0336. The standard InChI is InChI=1S/C9H14N2O/c1-7(2)11-6-4-5-8(11)9(12)10-3/h4-7H,1-3H3,(H,10,12). The predicted molar refractivity (Wildman–Crippen MR) is 48.2 cm³/mol. The van der Waals surface area contributed by atoms with Crippen molar-refractivity contribution in [1.82, 2.24) is 9.88 Å². The topological polar surface area (TPSA) is 34.0 Å². The number of nitrogens with one attached hydrogen (secondary N) is 1. The third kappa shape index (κ3) is 1.49. The van der Waals surface area contributed by atoms with Crippen LogP contribution >= 0.6 is 0 Å². The van der Waals surface area contributed by atoms with Crippen LogP contribution in [0.3, 0.4) is 0 Å². The Morgan fingerprint density at radius 1 is 1.58 bits per heavy atom. The minimum Gasteiger partial charge on any atom is -0.354 e. The lowest BCUT2D eigenvalue weighted by Crippen LogP contribution is -2.22. The zero-order valence-corrected chi connectivity index (χ0v) is 7.66. The van der Waals surface area contributed by atoms with E-state index in [2.05, 4.69) is 5.32 Å². The number of rotatable bonds is 2. The summed E-state index contributed by atoms with van der Waals surface area (Å²) in [7, 11) is 1.64. The second kappa shape index (κ2) is 3.43. The van der Waals surface area contributed by atoms with E-state index < -0.39 is 0 Å². The van der Waals surface area contributed by atoms with E-state index in [-0.39, 0.29) is 5.91 Å². The van der Waals surface area contributed by atoms with Gasteiger partial charge in [0.15, 0.2) is 0 Å². The third-order valence-corrected chi connectivity index (χ3v) is 1.79. The molecule has 1 aromatic heterocycles. The van der Waals surface area contributed by atoms with Crippen molar-refractivity contribution < 1.29 is 4.79 Å². The molecule has 0 radical (unpaired) electrons. The maximum Gasteiger partial charge on any atom is 0.267 e. The Kier molecular flexibility index (Phi) is 2.53. The predicted octanol–water partition coefficient (Wildman–Crippen LogP) is 1.43. The summed E-state index contributed by atoms with van der Waals surface area (Å²) in [5.41, 5.74) is 0.715. The van der Waals surface area contributed by atoms with E-state index in [1.165, 1.54) is 0 Å². The molecule has 0 aliphatic heterocycles. The van der Waals surface area contributed by atoms with Gasteiger partial charge in [0.25, 0.3) is 5.91 Å². The van der Waals surface area contributed by atoms with E-state index >= 15 is 0 Å². The van der Waals surface area contributed by atoms with Gasteiger partial charge in [-0.1, -0.05) is 0 Å². The van der Waals surface area contributed by atoms with Crippen molar-refractivity contribution in [2.24, 2.45) is 0 Å². The number of aromatic nitrogens is 1. The van der Waals surface area contributed by atoms with Crippen LogP contribution in [0.15, 0.2) is 18.3 Å². The van der Waals surface area contributed by atoms with Crippen LogP contribution in [-0.2, 0) is 0 Å². The Labute approximate surface area is 72.4 Å². The molecule has 1 amide bonds. The van der Waals surface area contributed by atoms with Crippen LogP contribution in [0.2, 0.25) is 0 Å². The van der Waals surface area contributed by atoms with Gasteiger partial charge in [-0.3, -0.25) is 4.79 Å². The minimum absolute atomic E-state index is 0.0336. The second-order valence-electron chi connectivity index (χ2n) is 2.97. The molecule has 0 aliphatic carbocycles. The zero-order chi connectivity index (χ0) is 9.14. The Morgan fingerprint density at radius 3 is 2.75 bits per heavy atom. The summed E-state index contributed by atoms with van der Waals surface area (Å²) in [6.45, 7) is 4.10. The lowest BCUT2D eigenvalue weighted by Gasteiger charge is -2.11. The molecule has 1 aromatic rings. The number of carbonyl (C=O) groups is 1. The van der Waals surface area contributed by atoms with E-state index in [0.29, 0.717) is 11.7 Å². The molecule has 1 heterocycles. The molecule has 0 bridgehead atoms. The highest BCUT2D eigenvalue weighted by Crippen LogP contribution is 2.09. The first-order valence-corrected chi connectivity index (χ1v) is 4.05. The highest BCUT2D eigenvalue weighted by molar-refractivity contribution is 5.92. The van der Waals surface area contributed by atoms with Gasteiger partial charge < -0.3 is 9.88 Å². The van der Waals surface area contributed by atoms with Crippen LogP contribution in [0.4, 0.5) is 0 Å². The number of hydrogen-bond acceptors (Lipinski definition) is 1. The van der Waals surface area contributed by atoms with Crippen molar-refractivity contribution in [3.8, 4) is 0 Å². The van der Waals surface area contributed by atoms with E-state index in [1.807, 2.05) is 36.7 Å². The Balaban J connectivity index is 2.99. The molecular formula is C9H14N2O. The van der Waals surface area contributed by atoms with Gasteiger partial charge in [-0.05, 0) is 26.0 Å². The average molecular weight is 166 g/mol. The maximum absolute atomic E-state index is 11.3. The van der Waals surface area contributed by atoms with Crippen LogP contribution in [0.5, 0.6) is 0 Å². The monoisotopic (exact) mass is 166 g/mol. The van der Waals surface area contributed by atoms with E-state index in [4.69, 9.17) is 0 Å². The first-order valence-electron chi connectivity index (χ1n) is 4.05. The lowest BCUT2D eigenvalue weighted by molar-refractivity contribution is 0.0952. The van der Waals surface area contributed by atoms with Crippen molar-refractivity contribution in [3.05, 3.63) is 24.0 Å². The normalized spacial score (nSPS) is 10.3. The van der Waals surface area contributed by atoms with Crippen LogP contribution < -0.4 is 5.32 Å². The summed E-state index contributed by atoms with van der Waals surface area (Å²) in [5, 5.41) is 2.60. The summed E-state index contributed by atoms with van der Waals surface area (Å²) < 4.78 is 1.94. The molecule has 0 saturated carbocycles. The molecule has 0 atom stereocenters. The fraction of sp³-hybridized carbons (Fsp3) is 0.444. The average Bonchev–Trinajstić information content (AvgIpc) is 2.50. The third-order valence-electron chi connectivity index (χ3n) is 1.79. The van der Waals surface area contributed by atoms with Crippen molar-refractivity contribution in [2.45, 2.75) is 19.9 Å². The summed E-state index contributed by atoms with van der Waals surface area (Å²) in [6, 6.07) is 4.02. The molecule has 0 saturated heterocycles. The van der Waals surface area contributed by atoms with Gasteiger partial charge in [0.2, 0.25) is 0 Å². The van der Waals surface area contributed by atoms with Gasteiger partial charge in [0.1, 0.15) is 5.69 Å². The molecule has 0 aromatic carbocycles. The van der Waals surface area contributed by atoms with Gasteiger partial charge in [-0.15, -0.1) is 0 Å². The molecule has 0 unspecified atom stereocenters. The quantitative estimate of drug-likeness (QED) is 0.708. The molecule has 0 aliphatic rings. The maximum atomic E-state index is 11.3. The van der Waals surface area contributed by atoms with Gasteiger partial charge in [0, 0.05) is 19.3 Å². The van der Waals surface area contributed by atoms with Gasteiger partial charge in [-0.2, -0.15) is 0 Å². The van der Waals surface area contributed by atoms with E-state index in [9.17, 15) is 4.79 Å². The number of nitrogens with zero attached hydrogens (tertiary/aromatic N) is 1. The van der Waals surface area contributed by atoms with Crippen molar-refractivity contribution in [2.75, 3.05) is 7.05 Å². The smallest absolute Gasteiger partial charge is 0.267 e. The molecular weight excluding hydrogens is 152 g/mol. The molecule has 3 nitrogen and oxygen atoms in total. The first-order chi connectivity index (χ1) is 5.66. The molecule has 1 rings (SSSR count). The summed E-state index contributed by atoms with van der Waals surface area (Å²) in [6.07, 6.45) is 1.91. The Hall–Kier alpha value is -1.25. The highest BCUT2D eigenvalue weighted by atomic mass is 16.1. The molecule has 66 valence electrons. The lowest BCUT2D eigenvalue weighted by atomic mass is 10.3. The second-order valence-corrected chi connectivity index (χ2v) is 2.97. The fourth-order valence-corrected chi connectivity index (χ4v) is 1.16. The Morgan fingerprint density at radius 2 is 2.25 bits per heavy atom.